The van der Waals surface area contributed by atoms with Crippen molar-refractivity contribution in [3.63, 3.8) is 0 Å². The molecule has 4 heteroatoms. The third kappa shape index (κ3) is 1.88. The van der Waals surface area contributed by atoms with E-state index in [1.807, 2.05) is 20.8 Å². The van der Waals surface area contributed by atoms with Crippen molar-refractivity contribution in [1.29, 1.82) is 5.26 Å². The molecular weight excluding hydrogens is 178 g/mol. The first kappa shape index (κ1) is 11.0. The lowest BCUT2D eigenvalue weighted by molar-refractivity contribution is -0.140. The summed E-state index contributed by atoms with van der Waals surface area (Å²) < 4.78 is 0. The number of nitriles is 1. The van der Waals surface area contributed by atoms with Crippen LogP contribution in [-0.4, -0.2) is 29.4 Å². The Hall–Kier alpha value is -1.08. The fourth-order valence-electron chi connectivity index (χ4n) is 1.33. The summed E-state index contributed by atoms with van der Waals surface area (Å²) in [7, 11) is 0. The van der Waals surface area contributed by atoms with Gasteiger partial charge in [0.25, 0.3) is 0 Å². The molecule has 0 aromatic rings. The number of hydrogen-bond donors (Lipinski definition) is 1. The average Bonchev–Trinajstić information content (AvgIpc) is 2.00. The number of carbonyl (C=O) groups is 1. The zero-order valence-corrected chi connectivity index (χ0v) is 8.95. The molecule has 0 unspecified atom stereocenters. The molecule has 1 aliphatic rings. The standard InChI is InChI=1S/C10H17N3O/c1-10(2,3)8(12)9(14)13-5-4-7(13)6-11/h7-8H,4-5,12H2,1-3H3/t7-,8+/m0/s1. The molecule has 14 heavy (non-hydrogen) atoms. The Kier molecular flexibility index (Phi) is 2.81. The van der Waals surface area contributed by atoms with Crippen LogP contribution in [-0.2, 0) is 4.79 Å². The Labute approximate surface area is 84.7 Å². The van der Waals surface area contributed by atoms with Gasteiger partial charge in [0.05, 0.1) is 12.1 Å². The van der Waals surface area contributed by atoms with E-state index < -0.39 is 6.04 Å². The molecule has 0 aromatic carbocycles. The van der Waals surface area contributed by atoms with Gasteiger partial charge in [-0.15, -0.1) is 0 Å². The van der Waals surface area contributed by atoms with Crippen LogP contribution < -0.4 is 5.73 Å². The van der Waals surface area contributed by atoms with Crippen LogP contribution in [0.1, 0.15) is 27.2 Å². The Bertz CT molecular complexity index is 274. The highest BCUT2D eigenvalue weighted by molar-refractivity contribution is 5.83. The summed E-state index contributed by atoms with van der Waals surface area (Å²) in [4.78, 5) is 13.4. The maximum atomic E-state index is 11.8. The van der Waals surface area contributed by atoms with Crippen molar-refractivity contribution in [2.24, 2.45) is 11.1 Å². The highest BCUT2D eigenvalue weighted by Crippen LogP contribution is 2.24. The van der Waals surface area contributed by atoms with E-state index in [-0.39, 0.29) is 17.4 Å². The summed E-state index contributed by atoms with van der Waals surface area (Å²) in [5.74, 6) is -0.102. The minimum Gasteiger partial charge on any atom is -0.325 e. The molecule has 0 spiro atoms. The molecule has 2 atom stereocenters. The molecule has 2 N–H and O–H groups in total. The number of rotatable bonds is 1. The van der Waals surface area contributed by atoms with Crippen LogP contribution in [0.2, 0.25) is 0 Å². The highest BCUT2D eigenvalue weighted by Gasteiger charge is 2.38. The fourth-order valence-corrected chi connectivity index (χ4v) is 1.33. The van der Waals surface area contributed by atoms with Gasteiger partial charge in [0.1, 0.15) is 6.04 Å². The summed E-state index contributed by atoms with van der Waals surface area (Å²) in [6, 6.07) is 1.32. The van der Waals surface area contributed by atoms with E-state index in [1.54, 1.807) is 4.90 Å². The van der Waals surface area contributed by atoms with Crippen LogP contribution >= 0.6 is 0 Å². The molecule has 1 heterocycles. The van der Waals surface area contributed by atoms with E-state index in [4.69, 9.17) is 11.0 Å². The molecule has 1 aliphatic heterocycles. The maximum Gasteiger partial charge on any atom is 0.241 e. The predicted octanol–water partition coefficient (Wildman–Crippen LogP) is 0.484. The SMILES string of the molecule is CC(C)(C)[C@H](N)C(=O)N1CC[C@H]1C#N. The van der Waals surface area contributed by atoms with Crippen molar-refractivity contribution in [2.45, 2.75) is 39.3 Å². The Morgan fingerprint density at radius 3 is 2.50 bits per heavy atom. The van der Waals surface area contributed by atoms with Crippen molar-refractivity contribution in [3.05, 3.63) is 0 Å². The van der Waals surface area contributed by atoms with Gasteiger partial charge in [-0.2, -0.15) is 5.26 Å². The van der Waals surface area contributed by atoms with Crippen molar-refractivity contribution in [2.75, 3.05) is 6.54 Å². The zero-order valence-electron chi connectivity index (χ0n) is 8.95. The molecule has 4 nitrogen and oxygen atoms in total. The van der Waals surface area contributed by atoms with Gasteiger partial charge in [-0.05, 0) is 11.8 Å². The van der Waals surface area contributed by atoms with Gasteiger partial charge < -0.3 is 10.6 Å². The molecule has 78 valence electrons. The minimum atomic E-state index is -0.515. The lowest BCUT2D eigenvalue weighted by Crippen LogP contribution is -2.58. The summed E-state index contributed by atoms with van der Waals surface area (Å²) in [5, 5.41) is 8.71. The molecular formula is C10H17N3O. The maximum absolute atomic E-state index is 11.8. The first-order chi connectivity index (χ1) is 6.38. The van der Waals surface area contributed by atoms with Gasteiger partial charge in [0, 0.05) is 6.54 Å². The number of hydrogen-bond acceptors (Lipinski definition) is 3. The van der Waals surface area contributed by atoms with E-state index in [0.29, 0.717) is 6.54 Å². The molecule has 1 amide bonds. The number of nitrogens with two attached hydrogens (primary N) is 1. The normalized spacial score (nSPS) is 23.6. The predicted molar refractivity (Wildman–Crippen MR) is 53.2 cm³/mol. The molecule has 1 rings (SSSR count). The topological polar surface area (TPSA) is 70.1 Å². The Balaban J connectivity index is 2.63. The highest BCUT2D eigenvalue weighted by atomic mass is 16.2. The monoisotopic (exact) mass is 195 g/mol. The van der Waals surface area contributed by atoms with Crippen LogP contribution in [0.3, 0.4) is 0 Å². The van der Waals surface area contributed by atoms with Crippen LogP contribution in [0, 0.1) is 16.7 Å². The first-order valence-corrected chi connectivity index (χ1v) is 4.83. The van der Waals surface area contributed by atoms with Crippen LogP contribution in [0.5, 0.6) is 0 Å². The summed E-state index contributed by atoms with van der Waals surface area (Å²) >= 11 is 0. The number of likely N-dealkylation sites (tertiary alicyclic amines) is 1. The quantitative estimate of drug-likeness (QED) is 0.661. The Morgan fingerprint density at radius 1 is 1.64 bits per heavy atom. The number of amides is 1. The average molecular weight is 195 g/mol. The lowest BCUT2D eigenvalue weighted by Gasteiger charge is -2.40. The fraction of sp³-hybridized carbons (Fsp3) is 0.800. The third-order valence-corrected chi connectivity index (χ3v) is 2.65. The van der Waals surface area contributed by atoms with Crippen molar-refractivity contribution in [1.82, 2.24) is 4.90 Å². The minimum absolute atomic E-state index is 0.102. The number of nitrogens with zero attached hydrogens (tertiary/aromatic N) is 2. The smallest absolute Gasteiger partial charge is 0.241 e. The van der Waals surface area contributed by atoms with E-state index >= 15 is 0 Å². The molecule has 1 fully saturated rings. The van der Waals surface area contributed by atoms with Crippen LogP contribution in [0.25, 0.3) is 0 Å². The van der Waals surface area contributed by atoms with Crippen molar-refractivity contribution in [3.8, 4) is 6.07 Å². The van der Waals surface area contributed by atoms with E-state index in [2.05, 4.69) is 6.07 Å². The van der Waals surface area contributed by atoms with Gasteiger partial charge in [-0.3, -0.25) is 4.79 Å². The Morgan fingerprint density at radius 2 is 2.21 bits per heavy atom. The number of carbonyl (C=O) groups excluding carboxylic acids is 1. The molecule has 0 saturated carbocycles. The van der Waals surface area contributed by atoms with Gasteiger partial charge in [-0.25, -0.2) is 0 Å². The van der Waals surface area contributed by atoms with Crippen molar-refractivity contribution >= 4 is 5.91 Å². The largest absolute Gasteiger partial charge is 0.325 e. The van der Waals surface area contributed by atoms with Gasteiger partial charge in [-0.1, -0.05) is 20.8 Å². The molecule has 0 bridgehead atoms. The van der Waals surface area contributed by atoms with E-state index in [9.17, 15) is 4.79 Å². The first-order valence-electron chi connectivity index (χ1n) is 4.83. The zero-order chi connectivity index (χ0) is 10.9. The summed E-state index contributed by atoms with van der Waals surface area (Å²) in [6.45, 7) is 6.45. The second kappa shape index (κ2) is 3.58. The van der Waals surface area contributed by atoms with Crippen LogP contribution in [0.4, 0.5) is 0 Å². The summed E-state index contributed by atoms with van der Waals surface area (Å²) in [6.07, 6.45) is 0.777. The third-order valence-electron chi connectivity index (χ3n) is 2.65. The van der Waals surface area contributed by atoms with Crippen LogP contribution in [0.15, 0.2) is 0 Å². The van der Waals surface area contributed by atoms with Gasteiger partial charge in [0.2, 0.25) is 5.91 Å². The van der Waals surface area contributed by atoms with Crippen molar-refractivity contribution < 1.29 is 4.79 Å². The van der Waals surface area contributed by atoms with Gasteiger partial charge >= 0.3 is 0 Å². The van der Waals surface area contributed by atoms with Gasteiger partial charge in [0.15, 0.2) is 0 Å². The second-order valence-corrected chi connectivity index (χ2v) is 4.81. The van der Waals surface area contributed by atoms with E-state index in [1.165, 1.54) is 0 Å². The molecule has 1 saturated heterocycles. The second-order valence-electron chi connectivity index (χ2n) is 4.81. The van der Waals surface area contributed by atoms with E-state index in [0.717, 1.165) is 6.42 Å². The lowest BCUT2D eigenvalue weighted by atomic mass is 9.85. The summed E-state index contributed by atoms with van der Waals surface area (Å²) in [5.41, 5.74) is 5.58. The molecule has 0 aliphatic carbocycles. The molecule has 0 aromatic heterocycles. The molecule has 0 radical (unpaired) electrons.